The minimum atomic E-state index is -3.66. The van der Waals surface area contributed by atoms with Crippen LogP contribution in [-0.4, -0.2) is 25.4 Å². The van der Waals surface area contributed by atoms with Crippen molar-refractivity contribution in [2.24, 2.45) is 0 Å². The number of benzene rings is 3. The van der Waals surface area contributed by atoms with Crippen molar-refractivity contribution in [3.05, 3.63) is 83.4 Å². The van der Waals surface area contributed by atoms with Gasteiger partial charge in [-0.15, -0.1) is 0 Å². The van der Waals surface area contributed by atoms with Gasteiger partial charge in [0.1, 0.15) is 5.82 Å². The summed E-state index contributed by atoms with van der Waals surface area (Å²) in [5.74, 6) is -3.71. The number of nitrogens with zero attached hydrogens (tertiary/aromatic N) is 1. The third-order valence-electron chi connectivity index (χ3n) is 4.74. The van der Waals surface area contributed by atoms with E-state index in [1.807, 2.05) is 0 Å². The second-order valence-corrected chi connectivity index (χ2v) is 8.51. The van der Waals surface area contributed by atoms with Crippen molar-refractivity contribution in [3.8, 4) is 11.1 Å². The molecule has 5 nitrogen and oxygen atoms in total. The predicted octanol–water partition coefficient (Wildman–Crippen LogP) is 4.73. The lowest BCUT2D eigenvalue weighted by molar-refractivity contribution is 0.446. The van der Waals surface area contributed by atoms with Gasteiger partial charge >= 0.3 is 0 Å². The largest absolute Gasteiger partial charge is 0.338 e. The molecule has 0 saturated heterocycles. The van der Waals surface area contributed by atoms with Crippen molar-refractivity contribution < 1.29 is 21.6 Å². The van der Waals surface area contributed by atoms with Crippen LogP contribution in [0.4, 0.5) is 13.2 Å². The summed E-state index contributed by atoms with van der Waals surface area (Å²) in [5, 5.41) is 0. The van der Waals surface area contributed by atoms with Crippen LogP contribution in [0.5, 0.6) is 0 Å². The maximum Gasteiger partial charge on any atom is 0.240 e. The zero-order chi connectivity index (χ0) is 22.2. The summed E-state index contributed by atoms with van der Waals surface area (Å²) in [5.41, 5.74) is 2.27. The Balaban J connectivity index is 1.72. The summed E-state index contributed by atoms with van der Waals surface area (Å²) < 4.78 is 67.2. The molecule has 4 aromatic rings. The number of H-pyrrole nitrogens is 1. The van der Waals surface area contributed by atoms with Crippen LogP contribution in [0.25, 0.3) is 34.3 Å². The second kappa shape index (κ2) is 8.01. The average Bonchev–Trinajstić information content (AvgIpc) is 3.19. The molecule has 31 heavy (non-hydrogen) atoms. The normalized spacial score (nSPS) is 12.1. The molecule has 0 saturated carbocycles. The minimum Gasteiger partial charge on any atom is -0.338 e. The first-order valence-electron chi connectivity index (χ1n) is 9.14. The Morgan fingerprint density at radius 3 is 2.52 bits per heavy atom. The molecule has 0 bridgehead atoms. The van der Waals surface area contributed by atoms with Gasteiger partial charge < -0.3 is 4.98 Å². The van der Waals surface area contributed by atoms with Crippen molar-refractivity contribution in [3.63, 3.8) is 0 Å². The van der Waals surface area contributed by atoms with Gasteiger partial charge in [0.2, 0.25) is 10.0 Å². The highest BCUT2D eigenvalue weighted by molar-refractivity contribution is 7.89. The number of hydrogen-bond donors (Lipinski definition) is 2. The maximum atomic E-state index is 13.8. The van der Waals surface area contributed by atoms with E-state index in [4.69, 9.17) is 0 Å². The van der Waals surface area contributed by atoms with Crippen molar-refractivity contribution in [2.75, 3.05) is 7.05 Å². The molecule has 0 atom stereocenters. The van der Waals surface area contributed by atoms with Crippen LogP contribution < -0.4 is 4.72 Å². The summed E-state index contributed by atoms with van der Waals surface area (Å²) in [6.45, 7) is 0. The highest BCUT2D eigenvalue weighted by Gasteiger charge is 2.17. The molecule has 3 aromatic carbocycles. The fourth-order valence-electron chi connectivity index (χ4n) is 3.16. The molecule has 1 aromatic heterocycles. The van der Waals surface area contributed by atoms with Crippen molar-refractivity contribution in [1.82, 2.24) is 14.7 Å². The quantitative estimate of drug-likeness (QED) is 0.438. The standard InChI is InChI=1S/C22H16F3N3O2S/c1-26-31(29,30)19-5-3-2-4-15(19)14-7-10-17-18(12-14)28-20(27-17)11-8-13-6-9-16(23)22(25)21(13)24/h2-12,26H,1H3,(H,27,28). The van der Waals surface area contributed by atoms with E-state index in [9.17, 15) is 21.6 Å². The highest BCUT2D eigenvalue weighted by Crippen LogP contribution is 2.29. The Morgan fingerprint density at radius 1 is 0.968 bits per heavy atom. The number of rotatable bonds is 5. The first-order chi connectivity index (χ1) is 14.8. The van der Waals surface area contributed by atoms with Crippen LogP contribution in [0.15, 0.2) is 59.5 Å². The van der Waals surface area contributed by atoms with Crippen molar-refractivity contribution >= 4 is 33.2 Å². The van der Waals surface area contributed by atoms with E-state index in [0.29, 0.717) is 28.0 Å². The van der Waals surface area contributed by atoms with Crippen LogP contribution in [0.2, 0.25) is 0 Å². The Morgan fingerprint density at radius 2 is 1.74 bits per heavy atom. The van der Waals surface area contributed by atoms with Crippen LogP contribution in [0.3, 0.4) is 0 Å². The van der Waals surface area contributed by atoms with Crippen LogP contribution >= 0.6 is 0 Å². The lowest BCUT2D eigenvalue weighted by Gasteiger charge is -2.09. The molecule has 0 aliphatic rings. The molecule has 0 spiro atoms. The van der Waals surface area contributed by atoms with Gasteiger partial charge in [-0.05, 0) is 55.1 Å². The summed E-state index contributed by atoms with van der Waals surface area (Å²) >= 11 is 0. The number of nitrogens with one attached hydrogen (secondary N) is 2. The number of hydrogen-bond acceptors (Lipinski definition) is 3. The van der Waals surface area contributed by atoms with E-state index >= 15 is 0 Å². The van der Waals surface area contributed by atoms with Gasteiger partial charge in [0.25, 0.3) is 0 Å². The first kappa shape index (κ1) is 20.8. The number of aromatic amines is 1. The fraction of sp³-hybridized carbons (Fsp3) is 0.0455. The van der Waals surface area contributed by atoms with E-state index in [1.165, 1.54) is 25.3 Å². The number of imidazole rings is 1. The summed E-state index contributed by atoms with van der Waals surface area (Å²) in [6.07, 6.45) is 2.72. The highest BCUT2D eigenvalue weighted by atomic mass is 32.2. The van der Waals surface area contributed by atoms with Gasteiger partial charge in [0.05, 0.1) is 15.9 Å². The van der Waals surface area contributed by atoms with E-state index < -0.39 is 27.5 Å². The van der Waals surface area contributed by atoms with E-state index in [2.05, 4.69) is 14.7 Å². The molecule has 0 aliphatic heterocycles. The molecule has 0 amide bonds. The molecule has 0 radical (unpaired) electrons. The number of sulfonamides is 1. The molecule has 158 valence electrons. The van der Waals surface area contributed by atoms with E-state index in [0.717, 1.165) is 12.1 Å². The summed E-state index contributed by atoms with van der Waals surface area (Å²) in [4.78, 5) is 7.57. The topological polar surface area (TPSA) is 74.8 Å². The molecule has 1 heterocycles. The molecular formula is C22H16F3N3O2S. The number of fused-ring (bicyclic) bond motifs is 1. The fourth-order valence-corrected chi connectivity index (χ4v) is 4.11. The monoisotopic (exact) mass is 443 g/mol. The zero-order valence-corrected chi connectivity index (χ0v) is 17.0. The Hall–Kier alpha value is -3.43. The summed E-state index contributed by atoms with van der Waals surface area (Å²) in [6, 6.07) is 13.8. The third-order valence-corrected chi connectivity index (χ3v) is 6.22. The van der Waals surface area contributed by atoms with Gasteiger partial charge in [-0.3, -0.25) is 0 Å². The van der Waals surface area contributed by atoms with Crippen LogP contribution in [-0.2, 0) is 10.0 Å². The Kier molecular flexibility index (Phi) is 5.38. The Labute approximate surface area is 176 Å². The smallest absolute Gasteiger partial charge is 0.240 e. The lowest BCUT2D eigenvalue weighted by Crippen LogP contribution is -2.19. The summed E-state index contributed by atoms with van der Waals surface area (Å²) in [7, 11) is -2.31. The van der Waals surface area contributed by atoms with Gasteiger partial charge in [0, 0.05) is 11.1 Å². The van der Waals surface area contributed by atoms with Crippen LogP contribution in [0, 0.1) is 17.5 Å². The van der Waals surface area contributed by atoms with E-state index in [1.54, 1.807) is 36.4 Å². The lowest BCUT2D eigenvalue weighted by atomic mass is 10.1. The minimum absolute atomic E-state index is 0.119. The number of halogens is 3. The number of aromatic nitrogens is 2. The van der Waals surface area contributed by atoms with Gasteiger partial charge in [-0.2, -0.15) is 0 Å². The first-order valence-corrected chi connectivity index (χ1v) is 10.6. The maximum absolute atomic E-state index is 13.8. The van der Waals surface area contributed by atoms with Gasteiger partial charge in [-0.1, -0.05) is 24.3 Å². The molecule has 0 unspecified atom stereocenters. The van der Waals surface area contributed by atoms with Crippen LogP contribution in [0.1, 0.15) is 11.4 Å². The molecule has 2 N–H and O–H groups in total. The average molecular weight is 443 g/mol. The van der Waals surface area contributed by atoms with Gasteiger partial charge in [-0.25, -0.2) is 31.3 Å². The molecule has 9 heteroatoms. The third kappa shape index (κ3) is 3.97. The molecule has 0 fully saturated rings. The predicted molar refractivity (Wildman–Crippen MR) is 113 cm³/mol. The van der Waals surface area contributed by atoms with E-state index in [-0.39, 0.29) is 10.5 Å². The molecule has 4 rings (SSSR count). The molecule has 0 aliphatic carbocycles. The zero-order valence-electron chi connectivity index (χ0n) is 16.2. The Bertz CT molecular complexity index is 1430. The van der Waals surface area contributed by atoms with Crippen molar-refractivity contribution in [2.45, 2.75) is 4.90 Å². The van der Waals surface area contributed by atoms with Gasteiger partial charge in [0.15, 0.2) is 17.5 Å². The van der Waals surface area contributed by atoms with Crippen molar-refractivity contribution in [1.29, 1.82) is 0 Å². The second-order valence-electron chi connectivity index (χ2n) is 6.66. The molecular weight excluding hydrogens is 427 g/mol. The SMILES string of the molecule is CNS(=O)(=O)c1ccccc1-c1ccc2[nH]c(C=Cc3ccc(F)c(F)c3F)nc2c1.